The molecule has 0 spiro atoms. The van der Waals surface area contributed by atoms with Gasteiger partial charge in [0.1, 0.15) is 0 Å². The number of rotatable bonds is 16. The zero-order chi connectivity index (χ0) is 20.3. The Kier molecular flexibility index (Phi) is 26.3. The van der Waals surface area contributed by atoms with Gasteiger partial charge in [0, 0.05) is 0 Å². The van der Waals surface area contributed by atoms with Crippen molar-refractivity contribution in [2.24, 2.45) is 0 Å². The van der Waals surface area contributed by atoms with Gasteiger partial charge in [0.25, 0.3) is 0 Å². The van der Waals surface area contributed by atoms with Crippen LogP contribution in [0.25, 0.3) is 0 Å². The van der Waals surface area contributed by atoms with Gasteiger partial charge in [0.15, 0.2) is 0 Å². The maximum absolute atomic E-state index is 10.0. The molecule has 0 N–H and O–H groups in total. The van der Waals surface area contributed by atoms with E-state index in [2.05, 4.69) is 22.9 Å². The van der Waals surface area contributed by atoms with Crippen LogP contribution in [0.3, 0.4) is 0 Å². The molecule has 0 aliphatic heterocycles. The maximum atomic E-state index is 10.0. The van der Waals surface area contributed by atoms with Crippen molar-refractivity contribution in [3.63, 3.8) is 0 Å². The van der Waals surface area contributed by atoms with E-state index in [1.807, 2.05) is 0 Å². The zero-order valence-electron chi connectivity index (χ0n) is 16.6. The standard InChI is InChI=1S/2C8H19O4P.Sn/c2*1-2-3-4-5-6-7-8-12-13(9,10)11;/h2*2-8H2,1H3,(H2,9,10,11);/q;;+4/p-4. The summed E-state index contributed by atoms with van der Waals surface area (Å²) in [6.45, 7) is 4.34. The average Bonchev–Trinajstić information content (AvgIpc) is 2.52. The number of phosphoric ester groups is 2. The summed E-state index contributed by atoms with van der Waals surface area (Å²) in [5, 5.41) is 0. The largest absolute Gasteiger partial charge is 4.00 e. The molecule has 0 fully saturated rings. The van der Waals surface area contributed by atoms with Crippen LogP contribution in [0.15, 0.2) is 0 Å². The first-order valence-corrected chi connectivity index (χ1v) is 12.4. The normalized spacial score (nSPS) is 11.5. The van der Waals surface area contributed by atoms with Crippen LogP contribution in [0.5, 0.6) is 0 Å². The molecule has 0 aliphatic carbocycles. The van der Waals surface area contributed by atoms with Crippen molar-refractivity contribution < 1.29 is 37.8 Å². The molecular weight excluding hydrogens is 501 g/mol. The average molecular weight is 535 g/mol. The fourth-order valence-electron chi connectivity index (χ4n) is 2.12. The molecule has 11 heteroatoms. The van der Waals surface area contributed by atoms with Gasteiger partial charge in [0.05, 0.1) is 28.9 Å². The van der Waals surface area contributed by atoms with E-state index >= 15 is 0 Å². The van der Waals surface area contributed by atoms with E-state index in [-0.39, 0.29) is 37.1 Å². The van der Waals surface area contributed by atoms with Crippen molar-refractivity contribution in [3.8, 4) is 0 Å². The molecule has 0 aromatic rings. The predicted octanol–water partition coefficient (Wildman–Crippen LogP) is 2.00. The van der Waals surface area contributed by atoms with Crippen LogP contribution in [0.1, 0.15) is 90.9 Å². The molecular formula is C16H34O8P2Sn. The fraction of sp³-hybridized carbons (Fsp3) is 1.00. The van der Waals surface area contributed by atoms with Crippen molar-refractivity contribution in [2.45, 2.75) is 90.9 Å². The summed E-state index contributed by atoms with van der Waals surface area (Å²) in [7, 11) is -9.45. The van der Waals surface area contributed by atoms with Crippen LogP contribution in [0, 0.1) is 0 Å². The third kappa shape index (κ3) is 38.3. The Morgan fingerprint density at radius 3 is 1.07 bits per heavy atom. The number of hydrogen-bond donors (Lipinski definition) is 0. The molecule has 0 aromatic heterocycles. The Hall–Kier alpha value is 1.02. The van der Waals surface area contributed by atoms with Gasteiger partial charge >= 0.3 is 23.9 Å². The summed E-state index contributed by atoms with van der Waals surface area (Å²) in [6.07, 6.45) is 12.5. The molecule has 0 amide bonds. The van der Waals surface area contributed by atoms with Crippen molar-refractivity contribution in [3.05, 3.63) is 0 Å². The smallest absolute Gasteiger partial charge is 0.790 e. The minimum Gasteiger partial charge on any atom is -0.790 e. The minimum atomic E-state index is -4.73. The first-order valence-electron chi connectivity index (χ1n) is 9.45. The summed E-state index contributed by atoms with van der Waals surface area (Å²) in [5.41, 5.74) is 0. The predicted molar refractivity (Wildman–Crippen MR) is 99.6 cm³/mol. The van der Waals surface area contributed by atoms with Crippen LogP contribution in [-0.2, 0) is 18.2 Å². The second-order valence-corrected chi connectivity index (χ2v) is 8.40. The van der Waals surface area contributed by atoms with Gasteiger partial charge in [-0.05, 0) is 12.8 Å². The molecule has 0 bridgehead atoms. The van der Waals surface area contributed by atoms with Gasteiger partial charge < -0.3 is 37.8 Å². The molecule has 0 unspecified atom stereocenters. The summed E-state index contributed by atoms with van der Waals surface area (Å²) in [5.74, 6) is 0. The van der Waals surface area contributed by atoms with E-state index in [1.54, 1.807) is 0 Å². The number of phosphoric acid groups is 2. The van der Waals surface area contributed by atoms with E-state index in [0.717, 1.165) is 25.7 Å². The van der Waals surface area contributed by atoms with Gasteiger partial charge in [0.2, 0.25) is 0 Å². The van der Waals surface area contributed by atoms with Crippen LogP contribution < -0.4 is 19.6 Å². The zero-order valence-corrected chi connectivity index (χ0v) is 21.2. The third-order valence-corrected chi connectivity index (χ3v) is 4.49. The first kappa shape index (κ1) is 32.7. The van der Waals surface area contributed by atoms with Crippen molar-refractivity contribution >= 4 is 39.6 Å². The van der Waals surface area contributed by atoms with E-state index < -0.39 is 15.6 Å². The van der Waals surface area contributed by atoms with Crippen LogP contribution in [-0.4, -0.2) is 37.1 Å². The molecule has 0 saturated carbocycles. The minimum absolute atomic E-state index is 0. The topological polar surface area (TPSA) is 145 Å². The summed E-state index contributed by atoms with van der Waals surface area (Å²) in [4.78, 5) is 40.1. The van der Waals surface area contributed by atoms with Crippen LogP contribution >= 0.6 is 15.6 Å². The first-order chi connectivity index (χ1) is 12.1. The number of hydrogen-bond acceptors (Lipinski definition) is 8. The Bertz CT molecular complexity index is 351. The van der Waals surface area contributed by atoms with E-state index in [1.165, 1.54) is 38.5 Å². The maximum Gasteiger partial charge on any atom is 4.00 e. The van der Waals surface area contributed by atoms with Crippen LogP contribution in [0.4, 0.5) is 0 Å². The van der Waals surface area contributed by atoms with Gasteiger partial charge in [-0.1, -0.05) is 78.1 Å². The van der Waals surface area contributed by atoms with Crippen molar-refractivity contribution in [1.29, 1.82) is 0 Å². The molecule has 27 heavy (non-hydrogen) atoms. The Balaban J connectivity index is -0.000000411. The Morgan fingerprint density at radius 1 is 0.556 bits per heavy atom. The molecule has 0 saturated heterocycles. The number of unbranched alkanes of at least 4 members (excludes halogenated alkanes) is 10. The summed E-state index contributed by atoms with van der Waals surface area (Å²) < 4.78 is 28.2. The second-order valence-electron chi connectivity index (χ2n) is 6.10. The molecule has 160 valence electrons. The monoisotopic (exact) mass is 536 g/mol. The van der Waals surface area contributed by atoms with Gasteiger partial charge in [-0.3, -0.25) is 0 Å². The fourth-order valence-corrected chi connectivity index (χ4v) is 2.82. The van der Waals surface area contributed by atoms with Crippen LogP contribution in [0.2, 0.25) is 0 Å². The van der Waals surface area contributed by atoms with Gasteiger partial charge in [-0.2, -0.15) is 0 Å². The van der Waals surface area contributed by atoms with E-state index in [0.29, 0.717) is 12.8 Å². The van der Waals surface area contributed by atoms with E-state index in [9.17, 15) is 28.7 Å². The Morgan fingerprint density at radius 2 is 0.815 bits per heavy atom. The SMILES string of the molecule is CCCCCCCCOP(=O)([O-])[O-].CCCCCCCCOP(=O)([O-])[O-].[Sn+4]. The quantitative estimate of drug-likeness (QED) is 0.166. The molecule has 0 rings (SSSR count). The molecule has 0 atom stereocenters. The van der Waals surface area contributed by atoms with Crippen molar-refractivity contribution in [1.82, 2.24) is 0 Å². The van der Waals surface area contributed by atoms with Gasteiger partial charge in [-0.15, -0.1) is 0 Å². The molecule has 0 aromatic carbocycles. The summed E-state index contributed by atoms with van der Waals surface area (Å²) in [6, 6.07) is 0. The van der Waals surface area contributed by atoms with E-state index in [4.69, 9.17) is 0 Å². The van der Waals surface area contributed by atoms with Crippen molar-refractivity contribution in [2.75, 3.05) is 13.2 Å². The molecule has 0 heterocycles. The molecule has 0 radical (unpaired) electrons. The molecule has 8 nitrogen and oxygen atoms in total. The Labute approximate surface area is 181 Å². The third-order valence-electron chi connectivity index (χ3n) is 3.49. The summed E-state index contributed by atoms with van der Waals surface area (Å²) >= 11 is 0. The second kappa shape index (κ2) is 21.7. The van der Waals surface area contributed by atoms with Gasteiger partial charge in [-0.25, -0.2) is 0 Å². The molecule has 0 aliphatic rings.